The highest BCUT2D eigenvalue weighted by molar-refractivity contribution is 7.80. The van der Waals surface area contributed by atoms with Gasteiger partial charge in [-0.2, -0.15) is 0 Å². The minimum atomic E-state index is 0.423. The van der Waals surface area contributed by atoms with Gasteiger partial charge in [-0.15, -0.1) is 0 Å². The molecule has 0 bridgehead atoms. The molecule has 1 fully saturated rings. The summed E-state index contributed by atoms with van der Waals surface area (Å²) in [7, 11) is 4.93. The van der Waals surface area contributed by atoms with Gasteiger partial charge in [-0.1, -0.05) is 38.2 Å². The van der Waals surface area contributed by atoms with Gasteiger partial charge in [0.1, 0.15) is 5.75 Å². The van der Waals surface area contributed by atoms with Crippen molar-refractivity contribution < 1.29 is 14.2 Å². The van der Waals surface area contributed by atoms with Crippen LogP contribution in [0.5, 0.6) is 17.2 Å². The molecule has 0 atom stereocenters. The van der Waals surface area contributed by atoms with E-state index in [0.29, 0.717) is 30.6 Å². The van der Waals surface area contributed by atoms with E-state index in [0.717, 1.165) is 22.0 Å². The zero-order chi connectivity index (χ0) is 22.8. The molecule has 1 aromatic heterocycles. The zero-order valence-corrected chi connectivity index (χ0v) is 20.2. The first kappa shape index (κ1) is 24.1. The third-order valence-corrected chi connectivity index (χ3v) is 6.34. The second-order valence-electron chi connectivity index (χ2n) is 8.23. The highest BCUT2D eigenvalue weighted by Crippen LogP contribution is 2.35. The van der Waals surface area contributed by atoms with Crippen LogP contribution in [0.4, 0.5) is 0 Å². The first-order valence-corrected chi connectivity index (χ1v) is 11.8. The fourth-order valence-corrected chi connectivity index (χ4v) is 4.50. The van der Waals surface area contributed by atoms with E-state index >= 15 is 0 Å². The predicted octanol–water partition coefficient (Wildman–Crippen LogP) is 5.10. The second-order valence-corrected chi connectivity index (χ2v) is 8.61. The normalized spacial score (nSPS) is 14.7. The summed E-state index contributed by atoms with van der Waals surface area (Å²) in [6.45, 7) is 1.24. The SMILES string of the molecule is COc1cc(OC)c(OC)cc1CN(Cc1cccnc1)C(=S)NC1CCCCCCC1. The van der Waals surface area contributed by atoms with Crippen LogP contribution in [0.2, 0.25) is 0 Å². The van der Waals surface area contributed by atoms with Gasteiger partial charge in [0.2, 0.25) is 0 Å². The molecule has 0 amide bonds. The van der Waals surface area contributed by atoms with Crippen LogP contribution < -0.4 is 19.5 Å². The molecule has 2 aromatic rings. The van der Waals surface area contributed by atoms with E-state index in [-0.39, 0.29) is 0 Å². The van der Waals surface area contributed by atoms with Crippen molar-refractivity contribution in [3.05, 3.63) is 47.8 Å². The van der Waals surface area contributed by atoms with Gasteiger partial charge in [0, 0.05) is 43.2 Å². The fourth-order valence-electron chi connectivity index (χ4n) is 4.20. The van der Waals surface area contributed by atoms with Crippen LogP contribution in [-0.4, -0.2) is 42.4 Å². The Kier molecular flexibility index (Phi) is 9.41. The number of rotatable bonds is 8. The molecule has 1 saturated carbocycles. The lowest BCUT2D eigenvalue weighted by Crippen LogP contribution is -2.44. The molecular formula is C25H35N3O3S. The quantitative estimate of drug-likeness (QED) is 0.554. The fraction of sp³-hybridized carbons (Fsp3) is 0.520. The van der Waals surface area contributed by atoms with Crippen molar-refractivity contribution >= 4 is 17.3 Å². The maximum atomic E-state index is 5.92. The lowest BCUT2D eigenvalue weighted by molar-refractivity contribution is 0.337. The Morgan fingerprint density at radius 2 is 1.62 bits per heavy atom. The summed E-state index contributed by atoms with van der Waals surface area (Å²) in [5.41, 5.74) is 2.09. The van der Waals surface area contributed by atoms with Crippen molar-refractivity contribution in [1.29, 1.82) is 0 Å². The van der Waals surface area contributed by atoms with Crippen LogP contribution in [0.15, 0.2) is 36.7 Å². The van der Waals surface area contributed by atoms with Crippen molar-refractivity contribution in [3.8, 4) is 17.2 Å². The summed E-state index contributed by atoms with van der Waals surface area (Å²) in [6.07, 6.45) is 12.5. The molecule has 7 heteroatoms. The van der Waals surface area contributed by atoms with Gasteiger partial charge in [-0.3, -0.25) is 4.98 Å². The molecular weight excluding hydrogens is 422 g/mol. The van der Waals surface area contributed by atoms with Crippen molar-refractivity contribution in [2.45, 2.75) is 64.1 Å². The summed E-state index contributed by atoms with van der Waals surface area (Å²) in [5, 5.41) is 4.42. The van der Waals surface area contributed by atoms with Crippen LogP contribution in [-0.2, 0) is 13.1 Å². The topological polar surface area (TPSA) is 55.9 Å². The Morgan fingerprint density at radius 1 is 0.969 bits per heavy atom. The largest absolute Gasteiger partial charge is 0.496 e. The Bertz CT molecular complexity index is 855. The predicted molar refractivity (Wildman–Crippen MR) is 131 cm³/mol. The van der Waals surface area contributed by atoms with Gasteiger partial charge in [0.25, 0.3) is 0 Å². The highest BCUT2D eigenvalue weighted by atomic mass is 32.1. The van der Waals surface area contributed by atoms with Gasteiger partial charge in [0.15, 0.2) is 16.6 Å². The van der Waals surface area contributed by atoms with Crippen molar-refractivity contribution in [3.63, 3.8) is 0 Å². The van der Waals surface area contributed by atoms with Gasteiger partial charge in [-0.25, -0.2) is 0 Å². The van der Waals surface area contributed by atoms with Crippen LogP contribution in [0.1, 0.15) is 56.1 Å². The average molecular weight is 458 g/mol. The number of benzene rings is 1. The number of pyridine rings is 1. The third-order valence-electron chi connectivity index (χ3n) is 5.96. The van der Waals surface area contributed by atoms with E-state index in [1.165, 1.54) is 44.9 Å². The zero-order valence-electron chi connectivity index (χ0n) is 19.4. The maximum absolute atomic E-state index is 5.92. The number of hydrogen-bond acceptors (Lipinski definition) is 5. The summed E-state index contributed by atoms with van der Waals surface area (Å²) in [4.78, 5) is 6.45. The number of methoxy groups -OCH3 is 3. The molecule has 1 aliphatic rings. The minimum absolute atomic E-state index is 0.423. The van der Waals surface area contributed by atoms with E-state index in [2.05, 4.69) is 21.3 Å². The Hall–Kier alpha value is -2.54. The molecule has 1 N–H and O–H groups in total. The van der Waals surface area contributed by atoms with Crippen LogP contribution in [0.25, 0.3) is 0 Å². The smallest absolute Gasteiger partial charge is 0.169 e. The van der Waals surface area contributed by atoms with E-state index in [9.17, 15) is 0 Å². The first-order chi connectivity index (χ1) is 15.6. The number of thiocarbonyl (C=S) groups is 1. The summed E-state index contributed by atoms with van der Waals surface area (Å²) in [6, 6.07) is 8.28. The second kappa shape index (κ2) is 12.5. The molecule has 1 heterocycles. The summed E-state index contributed by atoms with van der Waals surface area (Å²) >= 11 is 5.92. The van der Waals surface area contributed by atoms with E-state index in [1.54, 1.807) is 27.5 Å². The Balaban J connectivity index is 1.83. The number of aromatic nitrogens is 1. The summed E-state index contributed by atoms with van der Waals surface area (Å²) < 4.78 is 16.6. The lowest BCUT2D eigenvalue weighted by Gasteiger charge is -2.31. The van der Waals surface area contributed by atoms with Crippen LogP contribution in [0, 0.1) is 0 Å². The van der Waals surface area contributed by atoms with Crippen molar-refractivity contribution in [2.24, 2.45) is 0 Å². The number of ether oxygens (including phenoxy) is 3. The highest BCUT2D eigenvalue weighted by Gasteiger charge is 2.20. The van der Waals surface area contributed by atoms with Gasteiger partial charge in [-0.05, 0) is 42.8 Å². The van der Waals surface area contributed by atoms with Crippen molar-refractivity contribution in [1.82, 2.24) is 15.2 Å². The molecule has 0 saturated heterocycles. The average Bonchev–Trinajstić information content (AvgIpc) is 2.80. The van der Waals surface area contributed by atoms with Gasteiger partial charge in [0.05, 0.1) is 21.3 Å². The summed E-state index contributed by atoms with van der Waals surface area (Å²) in [5.74, 6) is 2.05. The lowest BCUT2D eigenvalue weighted by atomic mass is 9.97. The van der Waals surface area contributed by atoms with Crippen molar-refractivity contribution in [2.75, 3.05) is 21.3 Å². The molecule has 1 aliphatic carbocycles. The van der Waals surface area contributed by atoms with Crippen LogP contribution >= 0.6 is 12.2 Å². The Morgan fingerprint density at radius 3 is 2.25 bits per heavy atom. The molecule has 174 valence electrons. The molecule has 0 radical (unpaired) electrons. The molecule has 0 spiro atoms. The molecule has 0 unspecified atom stereocenters. The molecule has 6 nitrogen and oxygen atoms in total. The first-order valence-electron chi connectivity index (χ1n) is 11.4. The maximum Gasteiger partial charge on any atom is 0.169 e. The monoisotopic (exact) mass is 457 g/mol. The molecule has 1 aromatic carbocycles. The van der Waals surface area contributed by atoms with Gasteiger partial charge >= 0.3 is 0 Å². The van der Waals surface area contributed by atoms with Crippen LogP contribution in [0.3, 0.4) is 0 Å². The number of nitrogens with one attached hydrogen (secondary N) is 1. The number of nitrogens with zero attached hydrogens (tertiary/aromatic N) is 2. The standard InChI is InChI=1S/C25H35N3O3S/c1-29-22-15-24(31-3)23(30-2)14-20(22)18-28(17-19-10-9-13-26-16-19)25(32)27-21-11-7-5-4-6-8-12-21/h9-10,13-16,21H,4-8,11-12,17-18H2,1-3H3,(H,27,32). The molecule has 32 heavy (non-hydrogen) atoms. The van der Waals surface area contributed by atoms with E-state index in [4.69, 9.17) is 26.4 Å². The van der Waals surface area contributed by atoms with Gasteiger partial charge < -0.3 is 24.4 Å². The Labute approximate surface area is 197 Å². The minimum Gasteiger partial charge on any atom is -0.496 e. The molecule has 3 rings (SSSR count). The molecule has 0 aliphatic heterocycles. The van der Waals surface area contributed by atoms with E-state index in [1.807, 2.05) is 24.4 Å². The third kappa shape index (κ3) is 6.73. The van der Waals surface area contributed by atoms with E-state index < -0.39 is 0 Å². The number of hydrogen-bond donors (Lipinski definition) is 1.